The first-order chi connectivity index (χ1) is 14.9. The maximum Gasteiger partial charge on any atom is 0.260 e. The largest absolute Gasteiger partial charge is 0.387 e. The fraction of sp³-hybridized carbons (Fsp3) is 0.364. The number of aliphatic hydroxyl groups is 1. The number of aryl methyl sites for hydroxylation is 2. The molecule has 7 nitrogen and oxygen atoms in total. The Bertz CT molecular complexity index is 1310. The summed E-state index contributed by atoms with van der Waals surface area (Å²) in [5.74, 6) is -5.04. The second-order valence-electron chi connectivity index (χ2n) is 7.74. The van der Waals surface area contributed by atoms with Gasteiger partial charge in [0.1, 0.15) is 11.7 Å². The third-order valence-electron chi connectivity index (χ3n) is 5.53. The lowest BCUT2D eigenvalue weighted by atomic mass is 10.0. The number of rotatable bonds is 5. The summed E-state index contributed by atoms with van der Waals surface area (Å²) in [6, 6.07) is 4.69. The van der Waals surface area contributed by atoms with E-state index in [1.807, 2.05) is 0 Å². The number of anilines is 1. The van der Waals surface area contributed by atoms with Crippen molar-refractivity contribution in [2.45, 2.75) is 38.7 Å². The van der Waals surface area contributed by atoms with Crippen molar-refractivity contribution in [3.8, 4) is 11.1 Å². The van der Waals surface area contributed by atoms with E-state index >= 15 is 0 Å². The molecule has 9 heteroatoms. The molecular weight excluding hydrogens is 406 g/mol. The van der Waals surface area contributed by atoms with E-state index in [9.17, 15) is 23.5 Å². The Balaban J connectivity index is 1.71. The predicted molar refractivity (Wildman–Crippen MR) is 112 cm³/mol. The van der Waals surface area contributed by atoms with Crippen LogP contribution >= 0.6 is 0 Å². The van der Waals surface area contributed by atoms with Crippen LogP contribution in [0.5, 0.6) is 0 Å². The van der Waals surface area contributed by atoms with Crippen molar-refractivity contribution in [3.05, 3.63) is 52.2 Å². The molecule has 0 bridgehead atoms. The highest BCUT2D eigenvalue weighted by Gasteiger charge is 2.61. The van der Waals surface area contributed by atoms with Gasteiger partial charge in [0, 0.05) is 48.4 Å². The van der Waals surface area contributed by atoms with E-state index in [0.717, 1.165) is 0 Å². The van der Waals surface area contributed by atoms with Crippen LogP contribution in [0.1, 0.15) is 38.5 Å². The summed E-state index contributed by atoms with van der Waals surface area (Å²) in [4.78, 5) is 33.3. The summed E-state index contributed by atoms with van der Waals surface area (Å²) in [5, 5.41) is 13.1. The van der Waals surface area contributed by atoms with Crippen LogP contribution < -0.4 is 10.9 Å². The van der Waals surface area contributed by atoms with Crippen LogP contribution in [0, 0.1) is 12.8 Å². The molecule has 0 aliphatic heterocycles. The third kappa shape index (κ3) is 3.81. The summed E-state index contributed by atoms with van der Waals surface area (Å²) in [6.07, 6.45) is 0.790. The van der Waals surface area contributed by atoms with E-state index in [-0.39, 0.29) is 23.5 Å². The number of nitrogens with one attached hydrogen (secondary N) is 1. The second-order valence-corrected chi connectivity index (χ2v) is 7.74. The highest BCUT2D eigenvalue weighted by Crippen LogP contribution is 2.49. The number of halogens is 2. The molecule has 3 aromatic rings. The van der Waals surface area contributed by atoms with Crippen LogP contribution in [0.3, 0.4) is 0 Å². The van der Waals surface area contributed by atoms with Crippen LogP contribution in [0.2, 0.25) is 0 Å². The topological polar surface area (TPSA) is 97.1 Å². The normalized spacial score (nSPS) is 19.5. The third-order valence-corrected chi connectivity index (χ3v) is 5.53. The van der Waals surface area contributed by atoms with Gasteiger partial charge in [-0.1, -0.05) is 6.92 Å². The molecule has 2 atom stereocenters. The molecule has 0 saturated heterocycles. The molecule has 2 N–H and O–H groups in total. The van der Waals surface area contributed by atoms with Gasteiger partial charge < -0.3 is 15.0 Å². The standard InChI is InChI=1S/C22H22F2N4O3/c1-4-18(29)16-5-11(2)14(10-25-16)13-6-12-9-26-19(7-17(12)28(3)21(13)31)27-20(30)15-8-22(15,23)24/h5-7,9-10,15,18,29H,4,8H2,1-3H3,(H,26,27,30)/t15-,18+/m1/s1/i18D. The summed E-state index contributed by atoms with van der Waals surface area (Å²) in [7, 11) is 1.56. The summed E-state index contributed by atoms with van der Waals surface area (Å²) in [6.45, 7) is 3.44. The Morgan fingerprint density at radius 3 is 2.68 bits per heavy atom. The van der Waals surface area contributed by atoms with Crippen molar-refractivity contribution >= 4 is 22.6 Å². The van der Waals surface area contributed by atoms with E-state index in [0.29, 0.717) is 27.6 Å². The second kappa shape index (κ2) is 7.49. The van der Waals surface area contributed by atoms with Crippen molar-refractivity contribution in [3.63, 3.8) is 0 Å². The lowest BCUT2D eigenvalue weighted by molar-refractivity contribution is -0.119. The number of hydrogen-bond donors (Lipinski definition) is 2. The Morgan fingerprint density at radius 2 is 2.06 bits per heavy atom. The fourth-order valence-electron chi connectivity index (χ4n) is 3.51. The molecule has 1 saturated carbocycles. The molecule has 31 heavy (non-hydrogen) atoms. The van der Waals surface area contributed by atoms with Gasteiger partial charge in [0.05, 0.1) is 18.7 Å². The number of hydrogen-bond acceptors (Lipinski definition) is 5. The van der Waals surface area contributed by atoms with Crippen LogP contribution in [-0.4, -0.2) is 31.5 Å². The SMILES string of the molecule is [2H][C@](O)(CC)c1cc(C)c(-c2cc3cnc(NC(=O)[C@H]4CC4(F)F)cc3n(C)c2=O)cn1. The smallest absolute Gasteiger partial charge is 0.260 e. The van der Waals surface area contributed by atoms with Crippen molar-refractivity contribution in [2.24, 2.45) is 13.0 Å². The minimum absolute atomic E-state index is 0.0875. The predicted octanol–water partition coefficient (Wildman–Crippen LogP) is 3.34. The average Bonchev–Trinajstić information content (AvgIpc) is 3.39. The summed E-state index contributed by atoms with van der Waals surface area (Å²) >= 11 is 0. The maximum absolute atomic E-state index is 13.1. The fourth-order valence-corrected chi connectivity index (χ4v) is 3.51. The first-order valence-electron chi connectivity index (χ1n) is 10.3. The Labute approximate surface area is 178 Å². The number of carbonyl (C=O) groups excluding carboxylic acids is 1. The molecule has 1 amide bonds. The minimum atomic E-state index is -2.98. The van der Waals surface area contributed by atoms with Gasteiger partial charge >= 0.3 is 0 Å². The number of fused-ring (bicyclic) bond motifs is 1. The van der Waals surface area contributed by atoms with Crippen molar-refractivity contribution < 1.29 is 20.1 Å². The van der Waals surface area contributed by atoms with Gasteiger partial charge in [0.25, 0.3) is 11.5 Å². The van der Waals surface area contributed by atoms with Gasteiger partial charge in [0.2, 0.25) is 5.91 Å². The van der Waals surface area contributed by atoms with E-state index in [1.165, 1.54) is 23.0 Å². The zero-order valence-electron chi connectivity index (χ0n) is 18.2. The summed E-state index contributed by atoms with van der Waals surface area (Å²) < 4.78 is 35.5. The number of alkyl halides is 2. The number of amides is 1. The molecule has 4 rings (SSSR count). The van der Waals surface area contributed by atoms with Crippen molar-refractivity contribution in [1.29, 1.82) is 0 Å². The van der Waals surface area contributed by atoms with Gasteiger partial charge in [-0.25, -0.2) is 13.8 Å². The number of carbonyl (C=O) groups is 1. The van der Waals surface area contributed by atoms with E-state index in [2.05, 4.69) is 15.3 Å². The van der Waals surface area contributed by atoms with E-state index in [4.69, 9.17) is 1.37 Å². The van der Waals surface area contributed by atoms with Gasteiger partial charge in [-0.15, -0.1) is 0 Å². The zero-order valence-corrected chi connectivity index (χ0v) is 17.2. The minimum Gasteiger partial charge on any atom is -0.387 e. The molecule has 162 valence electrons. The monoisotopic (exact) mass is 429 g/mol. The lowest BCUT2D eigenvalue weighted by Gasteiger charge is -2.14. The quantitative estimate of drug-likeness (QED) is 0.648. The Morgan fingerprint density at radius 1 is 1.35 bits per heavy atom. The first-order valence-corrected chi connectivity index (χ1v) is 9.83. The van der Waals surface area contributed by atoms with Gasteiger partial charge in [-0.05, 0) is 31.0 Å². The van der Waals surface area contributed by atoms with Gasteiger partial charge in [-0.2, -0.15) is 0 Å². The molecular formula is C22H22F2N4O3. The Hall–Kier alpha value is -3.20. The van der Waals surface area contributed by atoms with Crippen LogP contribution in [-0.2, 0) is 11.8 Å². The Kier molecular flexibility index (Phi) is 4.77. The number of nitrogens with zero attached hydrogens (tertiary/aromatic N) is 3. The lowest BCUT2D eigenvalue weighted by Crippen LogP contribution is -2.21. The molecule has 0 radical (unpaired) electrons. The highest BCUT2D eigenvalue weighted by molar-refractivity contribution is 5.96. The van der Waals surface area contributed by atoms with Crippen LogP contribution in [0.15, 0.2) is 35.4 Å². The molecule has 1 fully saturated rings. The molecule has 0 spiro atoms. The molecule has 0 unspecified atom stereocenters. The molecule has 3 heterocycles. The molecule has 1 aliphatic carbocycles. The van der Waals surface area contributed by atoms with Gasteiger partial charge in [-0.3, -0.25) is 14.6 Å². The van der Waals surface area contributed by atoms with Crippen LogP contribution in [0.25, 0.3) is 22.0 Å². The number of pyridine rings is 3. The highest BCUT2D eigenvalue weighted by atomic mass is 19.3. The van der Waals surface area contributed by atoms with Crippen molar-refractivity contribution in [2.75, 3.05) is 5.32 Å². The van der Waals surface area contributed by atoms with Gasteiger partial charge in [0.15, 0.2) is 0 Å². The van der Waals surface area contributed by atoms with E-state index in [1.54, 1.807) is 33.0 Å². The molecule has 0 aromatic carbocycles. The first kappa shape index (κ1) is 19.7. The molecule has 1 aliphatic rings. The van der Waals surface area contributed by atoms with Crippen LogP contribution in [0.4, 0.5) is 14.6 Å². The average molecular weight is 429 g/mol. The molecule has 3 aromatic heterocycles. The van der Waals surface area contributed by atoms with E-state index < -0.39 is 30.2 Å². The number of aromatic nitrogens is 3. The summed E-state index contributed by atoms with van der Waals surface area (Å²) in [5.41, 5.74) is 1.92. The zero-order chi connectivity index (χ0) is 23.4. The van der Waals surface area contributed by atoms with Crippen molar-refractivity contribution in [1.82, 2.24) is 14.5 Å². The maximum atomic E-state index is 13.1.